The molecule has 0 spiro atoms. The van der Waals surface area contributed by atoms with Gasteiger partial charge in [-0.1, -0.05) is 19.1 Å². The zero-order valence-corrected chi connectivity index (χ0v) is 11.0. The maximum absolute atomic E-state index is 11.9. The van der Waals surface area contributed by atoms with Gasteiger partial charge in [0, 0.05) is 0 Å². The predicted octanol–water partition coefficient (Wildman–Crippen LogP) is 2.20. The van der Waals surface area contributed by atoms with Crippen LogP contribution in [0.15, 0.2) is 23.3 Å². The minimum Gasteiger partial charge on any atom is -0.385 e. The molecule has 0 aromatic carbocycles. The quantitative estimate of drug-likeness (QED) is 0.602. The maximum Gasteiger partial charge on any atom is 0.186 e. The Bertz CT molecular complexity index is 447. The summed E-state index contributed by atoms with van der Waals surface area (Å²) in [4.78, 5) is 22.7. The number of fused-ring (bicyclic) bond motifs is 1. The fourth-order valence-electron chi connectivity index (χ4n) is 3.40. The lowest BCUT2D eigenvalue weighted by Crippen LogP contribution is -2.41. The standard InChI is InChI=1S/C15H20O3/c1-9(8-16)11-4-5-15(3)7-13(17)14(18)10(2)12(15)6-11/h8,11,13,17H,1,4-7H2,2-3H3. The van der Waals surface area contributed by atoms with Crippen LogP contribution in [0.1, 0.15) is 39.5 Å². The van der Waals surface area contributed by atoms with Gasteiger partial charge in [0.15, 0.2) is 5.78 Å². The lowest BCUT2D eigenvalue weighted by molar-refractivity contribution is -0.126. The Morgan fingerprint density at radius 3 is 2.83 bits per heavy atom. The van der Waals surface area contributed by atoms with Crippen molar-refractivity contribution < 1.29 is 14.7 Å². The number of aldehydes is 1. The smallest absolute Gasteiger partial charge is 0.186 e. The van der Waals surface area contributed by atoms with E-state index in [9.17, 15) is 14.7 Å². The summed E-state index contributed by atoms with van der Waals surface area (Å²) in [5.41, 5.74) is 2.35. The van der Waals surface area contributed by atoms with Crippen molar-refractivity contribution in [3.63, 3.8) is 0 Å². The zero-order chi connectivity index (χ0) is 13.5. The molecule has 0 heterocycles. The Kier molecular flexibility index (Phi) is 3.28. The summed E-state index contributed by atoms with van der Waals surface area (Å²) in [7, 11) is 0. The van der Waals surface area contributed by atoms with Crippen molar-refractivity contribution in [1.82, 2.24) is 0 Å². The van der Waals surface area contributed by atoms with Crippen LogP contribution in [0, 0.1) is 11.3 Å². The average molecular weight is 248 g/mol. The zero-order valence-electron chi connectivity index (χ0n) is 11.0. The van der Waals surface area contributed by atoms with Crippen LogP contribution in [0.25, 0.3) is 0 Å². The van der Waals surface area contributed by atoms with E-state index in [1.54, 1.807) is 6.92 Å². The molecule has 3 unspecified atom stereocenters. The first-order valence-corrected chi connectivity index (χ1v) is 6.45. The van der Waals surface area contributed by atoms with Gasteiger partial charge in [-0.3, -0.25) is 9.59 Å². The number of carbonyl (C=O) groups excluding carboxylic acids is 2. The third-order valence-corrected chi connectivity index (χ3v) is 4.67. The van der Waals surface area contributed by atoms with Crippen molar-refractivity contribution in [3.05, 3.63) is 23.3 Å². The van der Waals surface area contributed by atoms with E-state index in [2.05, 4.69) is 13.5 Å². The molecule has 18 heavy (non-hydrogen) atoms. The van der Waals surface area contributed by atoms with Crippen LogP contribution in [-0.2, 0) is 9.59 Å². The number of ketones is 1. The fraction of sp³-hybridized carbons (Fsp3) is 0.600. The molecule has 2 rings (SSSR count). The first kappa shape index (κ1) is 13.2. The third-order valence-electron chi connectivity index (χ3n) is 4.67. The summed E-state index contributed by atoms with van der Waals surface area (Å²) >= 11 is 0. The van der Waals surface area contributed by atoms with Gasteiger partial charge in [-0.2, -0.15) is 0 Å². The lowest BCUT2D eigenvalue weighted by atomic mass is 9.60. The van der Waals surface area contributed by atoms with E-state index in [0.717, 1.165) is 31.1 Å². The highest BCUT2D eigenvalue weighted by Crippen LogP contribution is 2.51. The number of aliphatic hydroxyl groups is 1. The minimum atomic E-state index is -0.857. The van der Waals surface area contributed by atoms with E-state index in [4.69, 9.17) is 0 Å². The number of Topliss-reactive ketones (excluding diaryl/α,β-unsaturated/α-hetero) is 1. The number of rotatable bonds is 2. The van der Waals surface area contributed by atoms with Gasteiger partial charge < -0.3 is 5.11 Å². The van der Waals surface area contributed by atoms with E-state index in [1.807, 2.05) is 0 Å². The second-order valence-corrected chi connectivity index (χ2v) is 5.88. The largest absolute Gasteiger partial charge is 0.385 e. The Labute approximate surface area is 108 Å². The van der Waals surface area contributed by atoms with Crippen LogP contribution in [0.5, 0.6) is 0 Å². The van der Waals surface area contributed by atoms with Gasteiger partial charge in [-0.25, -0.2) is 0 Å². The van der Waals surface area contributed by atoms with Gasteiger partial charge in [-0.15, -0.1) is 0 Å². The molecule has 0 saturated heterocycles. The Balaban J connectivity index is 2.35. The third kappa shape index (κ3) is 1.97. The van der Waals surface area contributed by atoms with E-state index >= 15 is 0 Å². The second kappa shape index (κ2) is 4.47. The molecule has 3 atom stereocenters. The molecule has 2 aliphatic rings. The van der Waals surface area contributed by atoms with Crippen LogP contribution in [0.2, 0.25) is 0 Å². The van der Waals surface area contributed by atoms with Crippen molar-refractivity contribution in [2.45, 2.75) is 45.6 Å². The lowest BCUT2D eigenvalue weighted by Gasteiger charge is -2.45. The molecule has 3 heteroatoms. The molecule has 1 fully saturated rings. The van der Waals surface area contributed by atoms with Crippen LogP contribution < -0.4 is 0 Å². The van der Waals surface area contributed by atoms with Crippen molar-refractivity contribution >= 4 is 12.1 Å². The molecule has 0 amide bonds. The molecule has 2 aliphatic carbocycles. The molecule has 98 valence electrons. The van der Waals surface area contributed by atoms with E-state index < -0.39 is 6.10 Å². The topological polar surface area (TPSA) is 54.4 Å². The van der Waals surface area contributed by atoms with Crippen LogP contribution in [0.3, 0.4) is 0 Å². The molecular formula is C15H20O3. The van der Waals surface area contributed by atoms with Gasteiger partial charge in [-0.05, 0) is 55.1 Å². The van der Waals surface area contributed by atoms with Crippen molar-refractivity contribution in [2.75, 3.05) is 0 Å². The monoisotopic (exact) mass is 248 g/mol. The van der Waals surface area contributed by atoms with Gasteiger partial charge in [0.1, 0.15) is 12.4 Å². The van der Waals surface area contributed by atoms with Crippen LogP contribution in [0.4, 0.5) is 0 Å². The van der Waals surface area contributed by atoms with Crippen molar-refractivity contribution in [1.29, 1.82) is 0 Å². The first-order chi connectivity index (χ1) is 8.39. The minimum absolute atomic E-state index is 0.0862. The SMILES string of the molecule is C=C(C=O)C1CCC2(C)CC(O)C(=O)C(C)=C2C1. The molecule has 1 N–H and O–H groups in total. The van der Waals surface area contributed by atoms with E-state index in [0.29, 0.717) is 17.6 Å². The number of aliphatic hydroxyl groups excluding tert-OH is 1. The molecule has 1 saturated carbocycles. The van der Waals surface area contributed by atoms with Crippen molar-refractivity contribution in [3.8, 4) is 0 Å². The number of hydrogen-bond acceptors (Lipinski definition) is 3. The highest BCUT2D eigenvalue weighted by molar-refractivity contribution is 6.00. The summed E-state index contributed by atoms with van der Waals surface area (Å²) in [5.74, 6) is 0.00316. The Hall–Kier alpha value is -1.22. The summed E-state index contributed by atoms with van der Waals surface area (Å²) in [6, 6.07) is 0. The molecule has 0 aliphatic heterocycles. The average Bonchev–Trinajstić information content (AvgIpc) is 2.35. The number of hydrogen-bond donors (Lipinski definition) is 1. The number of allylic oxidation sites excluding steroid dienone is 2. The van der Waals surface area contributed by atoms with Gasteiger partial charge in [0.25, 0.3) is 0 Å². The van der Waals surface area contributed by atoms with Gasteiger partial charge >= 0.3 is 0 Å². The molecular weight excluding hydrogens is 228 g/mol. The molecule has 0 aromatic rings. The highest BCUT2D eigenvalue weighted by atomic mass is 16.3. The second-order valence-electron chi connectivity index (χ2n) is 5.88. The molecule has 0 radical (unpaired) electrons. The van der Waals surface area contributed by atoms with Gasteiger partial charge in [0.2, 0.25) is 0 Å². The number of carbonyl (C=O) groups is 2. The molecule has 0 aromatic heterocycles. The summed E-state index contributed by atoms with van der Waals surface area (Å²) in [6.45, 7) is 7.70. The van der Waals surface area contributed by atoms with Crippen LogP contribution >= 0.6 is 0 Å². The van der Waals surface area contributed by atoms with Crippen LogP contribution in [-0.4, -0.2) is 23.3 Å². The maximum atomic E-state index is 11.9. The highest BCUT2D eigenvalue weighted by Gasteiger charge is 2.44. The summed E-state index contributed by atoms with van der Waals surface area (Å²) in [6.07, 6.45) is 3.03. The van der Waals surface area contributed by atoms with Gasteiger partial charge in [0.05, 0.1) is 0 Å². The Morgan fingerprint density at radius 1 is 1.56 bits per heavy atom. The molecule has 0 bridgehead atoms. The predicted molar refractivity (Wildman–Crippen MR) is 69.0 cm³/mol. The normalized spacial score (nSPS) is 36.3. The van der Waals surface area contributed by atoms with Crippen molar-refractivity contribution in [2.24, 2.45) is 11.3 Å². The van der Waals surface area contributed by atoms with E-state index in [-0.39, 0.29) is 17.1 Å². The Morgan fingerprint density at radius 2 is 2.22 bits per heavy atom. The van der Waals surface area contributed by atoms with E-state index in [1.165, 1.54) is 0 Å². The molecule has 3 nitrogen and oxygen atoms in total. The summed E-state index contributed by atoms with van der Waals surface area (Å²) in [5, 5.41) is 9.82. The first-order valence-electron chi connectivity index (χ1n) is 6.45. The fourth-order valence-corrected chi connectivity index (χ4v) is 3.40. The summed E-state index contributed by atoms with van der Waals surface area (Å²) < 4.78 is 0.